The molecule has 1 fully saturated rings. The summed E-state index contributed by atoms with van der Waals surface area (Å²) in [6.07, 6.45) is 1.52. The molecule has 1 N–H and O–H groups in total. The summed E-state index contributed by atoms with van der Waals surface area (Å²) < 4.78 is 1.40. The summed E-state index contributed by atoms with van der Waals surface area (Å²) in [5, 5.41) is 3.64. The van der Waals surface area contributed by atoms with Crippen molar-refractivity contribution in [3.63, 3.8) is 0 Å². The molecule has 0 unspecified atom stereocenters. The molecule has 0 aromatic carbocycles. The number of halogens is 1. The molecule has 1 aliphatic heterocycles. The van der Waals surface area contributed by atoms with Gasteiger partial charge < -0.3 is 10.2 Å². The van der Waals surface area contributed by atoms with Gasteiger partial charge in [-0.2, -0.15) is 0 Å². The second-order valence-corrected chi connectivity index (χ2v) is 5.59. The monoisotopic (exact) mass is 283 g/mol. The Labute approximate surface area is 117 Å². The third-order valence-corrected chi connectivity index (χ3v) is 3.63. The largest absolute Gasteiger partial charge is 0.338 e. The normalized spacial score (nSPS) is 16.5. The Morgan fingerprint density at radius 2 is 1.95 bits per heavy atom. The fourth-order valence-corrected chi connectivity index (χ4v) is 2.42. The minimum atomic E-state index is -0.931. The van der Waals surface area contributed by atoms with Gasteiger partial charge in [0.25, 0.3) is 5.56 Å². The molecule has 0 spiro atoms. The number of aromatic nitrogens is 1. The van der Waals surface area contributed by atoms with Crippen molar-refractivity contribution in [1.29, 1.82) is 0 Å². The van der Waals surface area contributed by atoms with Gasteiger partial charge in [0.1, 0.15) is 5.54 Å². The topological polar surface area (TPSA) is 54.3 Å². The van der Waals surface area contributed by atoms with E-state index in [-0.39, 0.29) is 11.5 Å². The highest BCUT2D eigenvalue weighted by Gasteiger charge is 2.34. The van der Waals surface area contributed by atoms with E-state index >= 15 is 0 Å². The minimum absolute atomic E-state index is 0.0571. The molecular weight excluding hydrogens is 266 g/mol. The van der Waals surface area contributed by atoms with Crippen LogP contribution in [0, 0.1) is 0 Å². The first-order valence-electron chi connectivity index (χ1n) is 6.32. The van der Waals surface area contributed by atoms with E-state index in [1.54, 1.807) is 18.7 Å². The Morgan fingerprint density at radius 1 is 1.32 bits per heavy atom. The molecule has 1 aromatic heterocycles. The number of pyridine rings is 1. The highest BCUT2D eigenvalue weighted by molar-refractivity contribution is 6.30. The average molecular weight is 284 g/mol. The second-order valence-electron chi connectivity index (χ2n) is 5.16. The molecule has 2 heterocycles. The lowest BCUT2D eigenvalue weighted by Crippen LogP contribution is -2.55. The summed E-state index contributed by atoms with van der Waals surface area (Å²) in [5.41, 5.74) is -1.16. The van der Waals surface area contributed by atoms with E-state index in [0.29, 0.717) is 18.1 Å². The lowest BCUT2D eigenvalue weighted by atomic mass is 10.0. The van der Waals surface area contributed by atoms with Gasteiger partial charge >= 0.3 is 0 Å². The quantitative estimate of drug-likeness (QED) is 0.868. The van der Waals surface area contributed by atoms with Crippen LogP contribution in [-0.4, -0.2) is 41.6 Å². The number of carbonyl (C=O) groups is 1. The van der Waals surface area contributed by atoms with Crippen molar-refractivity contribution >= 4 is 17.5 Å². The average Bonchev–Trinajstić information content (AvgIpc) is 2.41. The fourth-order valence-electron chi connectivity index (χ4n) is 2.26. The molecule has 0 saturated carbocycles. The first-order valence-corrected chi connectivity index (χ1v) is 6.69. The van der Waals surface area contributed by atoms with E-state index in [0.717, 1.165) is 13.1 Å². The van der Waals surface area contributed by atoms with Crippen LogP contribution in [0.2, 0.25) is 5.02 Å². The van der Waals surface area contributed by atoms with Crippen LogP contribution in [0.3, 0.4) is 0 Å². The van der Waals surface area contributed by atoms with Gasteiger partial charge in [0.2, 0.25) is 5.91 Å². The van der Waals surface area contributed by atoms with Crippen molar-refractivity contribution in [3.8, 4) is 0 Å². The fraction of sp³-hybridized carbons (Fsp3) is 0.538. The van der Waals surface area contributed by atoms with E-state index in [4.69, 9.17) is 11.6 Å². The molecular formula is C13H18ClN3O2. The minimum Gasteiger partial charge on any atom is -0.338 e. The number of hydrogen-bond donors (Lipinski definition) is 1. The highest BCUT2D eigenvalue weighted by atomic mass is 35.5. The van der Waals surface area contributed by atoms with Crippen LogP contribution in [0.1, 0.15) is 13.8 Å². The summed E-state index contributed by atoms with van der Waals surface area (Å²) in [6.45, 7) is 6.39. The molecule has 0 bridgehead atoms. The molecule has 1 aromatic rings. The van der Waals surface area contributed by atoms with Gasteiger partial charge in [0.05, 0.1) is 5.02 Å². The van der Waals surface area contributed by atoms with Gasteiger partial charge in [0, 0.05) is 38.4 Å². The summed E-state index contributed by atoms with van der Waals surface area (Å²) in [5.74, 6) is -0.0571. The van der Waals surface area contributed by atoms with Crippen LogP contribution in [-0.2, 0) is 10.3 Å². The number of amides is 1. The maximum Gasteiger partial charge on any atom is 0.251 e. The van der Waals surface area contributed by atoms with Crippen LogP contribution in [0.15, 0.2) is 23.1 Å². The van der Waals surface area contributed by atoms with Crippen molar-refractivity contribution in [1.82, 2.24) is 14.8 Å². The Morgan fingerprint density at radius 3 is 2.58 bits per heavy atom. The van der Waals surface area contributed by atoms with E-state index < -0.39 is 5.54 Å². The molecule has 5 nitrogen and oxygen atoms in total. The predicted octanol–water partition coefficient (Wildman–Crippen LogP) is 0.669. The Bertz CT molecular complexity index is 533. The molecule has 0 aliphatic carbocycles. The Balaban J connectivity index is 2.32. The van der Waals surface area contributed by atoms with Crippen LogP contribution in [0.4, 0.5) is 0 Å². The summed E-state index contributed by atoms with van der Waals surface area (Å²) in [4.78, 5) is 26.3. The van der Waals surface area contributed by atoms with Gasteiger partial charge in [-0.15, -0.1) is 0 Å². The van der Waals surface area contributed by atoms with Crippen LogP contribution < -0.4 is 10.9 Å². The van der Waals surface area contributed by atoms with Gasteiger partial charge in [-0.25, -0.2) is 0 Å². The molecule has 1 amide bonds. The molecule has 0 radical (unpaired) electrons. The number of piperazine rings is 1. The van der Waals surface area contributed by atoms with E-state index in [1.165, 1.54) is 22.9 Å². The maximum absolute atomic E-state index is 12.6. The first kappa shape index (κ1) is 14.1. The standard InChI is InChI=1S/C13H18ClN3O2/c1-13(2,12(19)16-7-5-15-6-8-16)17-9-10(14)3-4-11(17)18/h3-4,9,15H,5-8H2,1-2H3. The Hall–Kier alpha value is -1.33. The number of hydrogen-bond acceptors (Lipinski definition) is 3. The third kappa shape index (κ3) is 2.82. The summed E-state index contributed by atoms with van der Waals surface area (Å²) in [7, 11) is 0. The van der Waals surface area contributed by atoms with Crippen molar-refractivity contribution in [3.05, 3.63) is 33.7 Å². The highest BCUT2D eigenvalue weighted by Crippen LogP contribution is 2.19. The molecule has 0 atom stereocenters. The van der Waals surface area contributed by atoms with Gasteiger partial charge in [0.15, 0.2) is 0 Å². The van der Waals surface area contributed by atoms with Crippen LogP contribution in [0.25, 0.3) is 0 Å². The van der Waals surface area contributed by atoms with Crippen LogP contribution >= 0.6 is 11.6 Å². The molecule has 104 valence electrons. The molecule has 1 aliphatic rings. The zero-order chi connectivity index (χ0) is 14.0. The van der Waals surface area contributed by atoms with Gasteiger partial charge in [-0.1, -0.05) is 11.6 Å². The van der Waals surface area contributed by atoms with E-state index in [1.807, 2.05) is 0 Å². The first-order chi connectivity index (χ1) is 8.93. The zero-order valence-corrected chi connectivity index (χ0v) is 11.9. The number of nitrogens with one attached hydrogen (secondary N) is 1. The van der Waals surface area contributed by atoms with Crippen molar-refractivity contribution < 1.29 is 4.79 Å². The van der Waals surface area contributed by atoms with Crippen molar-refractivity contribution in [2.75, 3.05) is 26.2 Å². The lowest BCUT2D eigenvalue weighted by molar-refractivity contribution is -0.140. The third-order valence-electron chi connectivity index (χ3n) is 3.40. The van der Waals surface area contributed by atoms with Crippen LogP contribution in [0.5, 0.6) is 0 Å². The second kappa shape index (κ2) is 5.35. The smallest absolute Gasteiger partial charge is 0.251 e. The molecule has 19 heavy (non-hydrogen) atoms. The van der Waals surface area contributed by atoms with Crippen molar-refractivity contribution in [2.24, 2.45) is 0 Å². The molecule has 6 heteroatoms. The summed E-state index contributed by atoms with van der Waals surface area (Å²) in [6, 6.07) is 2.92. The number of carbonyl (C=O) groups excluding carboxylic acids is 1. The SMILES string of the molecule is CC(C)(C(=O)N1CCNCC1)n1cc(Cl)ccc1=O. The number of nitrogens with zero attached hydrogens (tertiary/aromatic N) is 2. The van der Waals surface area contributed by atoms with Crippen molar-refractivity contribution in [2.45, 2.75) is 19.4 Å². The van der Waals surface area contributed by atoms with E-state index in [2.05, 4.69) is 5.32 Å². The maximum atomic E-state index is 12.6. The zero-order valence-electron chi connectivity index (χ0n) is 11.1. The Kier molecular flexibility index (Phi) is 3.96. The molecule has 2 rings (SSSR count). The van der Waals surface area contributed by atoms with E-state index in [9.17, 15) is 9.59 Å². The van der Waals surface area contributed by atoms with Gasteiger partial charge in [-0.3, -0.25) is 14.2 Å². The predicted molar refractivity (Wildman–Crippen MR) is 74.5 cm³/mol. The molecule has 1 saturated heterocycles. The lowest BCUT2D eigenvalue weighted by Gasteiger charge is -2.35. The van der Waals surface area contributed by atoms with Gasteiger partial charge in [-0.05, 0) is 19.9 Å². The summed E-state index contributed by atoms with van der Waals surface area (Å²) >= 11 is 5.92. The number of rotatable bonds is 2.